The molecule has 2 aromatic carbocycles. The van der Waals surface area contributed by atoms with E-state index in [9.17, 15) is 38.5 Å². The van der Waals surface area contributed by atoms with Crippen LogP contribution in [0.3, 0.4) is 0 Å². The summed E-state index contributed by atoms with van der Waals surface area (Å²) in [5.74, 6) is -1.42. The molecule has 6 aromatic heterocycles. The van der Waals surface area contributed by atoms with Crippen LogP contribution in [0.5, 0.6) is 5.75 Å². The fraction of sp³-hybridized carbons (Fsp3) is 0.296. The van der Waals surface area contributed by atoms with Gasteiger partial charge < -0.3 is 30.1 Å². The summed E-state index contributed by atoms with van der Waals surface area (Å²) in [7, 11) is 0. The minimum atomic E-state index is -0.940. The van der Waals surface area contributed by atoms with Crippen molar-refractivity contribution >= 4 is 43.5 Å². The number of benzene rings is 2. The molecule has 2 aliphatic carbocycles. The lowest BCUT2D eigenvalue weighted by Gasteiger charge is -2.19. The number of aliphatic hydroxyl groups excluding tert-OH is 1. The lowest BCUT2D eigenvalue weighted by Crippen LogP contribution is -2.09. The van der Waals surface area contributed by atoms with Gasteiger partial charge in [-0.05, 0) is 193 Å². The van der Waals surface area contributed by atoms with Gasteiger partial charge in [-0.15, -0.1) is 0 Å². The van der Waals surface area contributed by atoms with E-state index in [2.05, 4.69) is 79.1 Å². The molecule has 16 nitrogen and oxygen atoms in total. The molecule has 2 fully saturated rings. The Morgan fingerprint density at radius 3 is 1.60 bits per heavy atom. The van der Waals surface area contributed by atoms with Crippen molar-refractivity contribution in [1.29, 1.82) is 0 Å². The zero-order chi connectivity index (χ0) is 53.5. The Balaban J connectivity index is 0.000000171. The number of aromatic nitrogens is 8. The smallest absolute Gasteiger partial charge is 0.406 e. The standard InChI is InChI=1S/C27H25BrFN5O3.C22H24FN3O.C5H2BrFN2O2/c1-16-20(15-33(32-16)14-18-5-6-18)10-19-4-3-9-30-26(19)23-8-7-22(29)12-24(23)17(2)37-25-11-21(28)13-31-27(25)34(35)36;1-14-18(13-26(25-14)12-16-5-6-16)10-17-4-3-9-24-22(17)20-8-7-19(23)11-21(20)15(2)27;6-3-1-4(7)5(8-2-3)9(10)11/h3-4,7-9,11-13,15,17-18H,5-6,10,14H2,1-2H3;3-4,7-9,11,13,15-16,27H,5-6,10,12H2,1-2H3;1-2H/t17-;15-;/m11./s1. The predicted octanol–water partition coefficient (Wildman–Crippen LogP) is 12.9. The van der Waals surface area contributed by atoms with Crippen LogP contribution >= 0.6 is 31.9 Å². The van der Waals surface area contributed by atoms with Crippen LogP contribution in [0.15, 0.2) is 119 Å². The monoisotopic (exact) mass is 1150 g/mol. The van der Waals surface area contributed by atoms with Crippen LogP contribution in [0.2, 0.25) is 0 Å². The highest BCUT2D eigenvalue weighted by molar-refractivity contribution is 9.10. The molecule has 0 saturated heterocycles. The van der Waals surface area contributed by atoms with Crippen molar-refractivity contribution in [2.75, 3.05) is 0 Å². The van der Waals surface area contributed by atoms with E-state index in [1.807, 2.05) is 42.8 Å². The van der Waals surface area contributed by atoms with Gasteiger partial charge in [0.05, 0.1) is 37.8 Å². The number of nitro groups is 2. The fourth-order valence-corrected chi connectivity index (χ4v) is 9.07. The van der Waals surface area contributed by atoms with Gasteiger partial charge in [-0.2, -0.15) is 14.6 Å². The molecule has 21 heteroatoms. The highest BCUT2D eigenvalue weighted by Gasteiger charge is 2.26. The number of rotatable bonds is 16. The minimum absolute atomic E-state index is 0.0120. The Kier molecular flexibility index (Phi) is 17.3. The first kappa shape index (κ1) is 54.0. The second-order valence-corrected chi connectivity index (χ2v) is 20.4. The fourth-order valence-electron chi connectivity index (χ4n) is 8.45. The van der Waals surface area contributed by atoms with Crippen LogP contribution in [-0.4, -0.2) is 54.5 Å². The summed E-state index contributed by atoms with van der Waals surface area (Å²) in [6, 6.07) is 19.2. The lowest BCUT2D eigenvalue weighted by atomic mass is 9.94. The topological polar surface area (TPSA) is 203 Å². The molecule has 8 aromatic rings. The summed E-state index contributed by atoms with van der Waals surface area (Å²) in [4.78, 5) is 36.3. The van der Waals surface area contributed by atoms with E-state index in [0.717, 1.165) is 70.3 Å². The third-order valence-corrected chi connectivity index (χ3v) is 13.5. The zero-order valence-corrected chi connectivity index (χ0v) is 44.4. The Hall–Kier alpha value is -7.23. The number of pyridine rings is 4. The van der Waals surface area contributed by atoms with Crippen molar-refractivity contribution < 1.29 is 32.9 Å². The van der Waals surface area contributed by atoms with E-state index in [1.165, 1.54) is 74.0 Å². The van der Waals surface area contributed by atoms with Crippen molar-refractivity contribution in [3.8, 4) is 28.3 Å². The summed E-state index contributed by atoms with van der Waals surface area (Å²) in [5, 5.41) is 40.9. The van der Waals surface area contributed by atoms with Gasteiger partial charge in [0.15, 0.2) is 12.4 Å². The lowest BCUT2D eigenvalue weighted by molar-refractivity contribution is -0.392. The van der Waals surface area contributed by atoms with E-state index in [0.29, 0.717) is 44.2 Å². The summed E-state index contributed by atoms with van der Waals surface area (Å²) < 4.78 is 51.6. The SMILES string of the molecule is Cc1nn(CC2CC2)cc1Cc1cccnc1-c1ccc(F)cc1[C@@H](C)O.Cc1nn(CC2CC2)cc1Cc1cccnc1-c1ccc(F)cc1[C@@H](C)Oc1cc(Br)cnc1[N+](=O)[O-].O=[N+]([O-])c1ncc(Br)cc1F. The number of aliphatic hydroxyl groups is 1. The number of nitrogens with zero attached hydrogens (tertiary/aromatic N) is 10. The van der Waals surface area contributed by atoms with Crippen molar-refractivity contribution in [1.82, 2.24) is 39.5 Å². The molecule has 2 atom stereocenters. The highest BCUT2D eigenvalue weighted by atomic mass is 79.9. The second-order valence-electron chi connectivity index (χ2n) is 18.5. The zero-order valence-electron chi connectivity index (χ0n) is 41.2. The molecular formula is C54H51Br2F3N10O6. The maximum atomic E-state index is 14.4. The second kappa shape index (κ2) is 24.0. The van der Waals surface area contributed by atoms with Crippen LogP contribution in [0.25, 0.3) is 22.5 Å². The first-order valence-corrected chi connectivity index (χ1v) is 25.6. The molecule has 0 unspecified atom stereocenters. The van der Waals surface area contributed by atoms with E-state index >= 15 is 0 Å². The van der Waals surface area contributed by atoms with Gasteiger partial charge in [-0.3, -0.25) is 19.3 Å². The molecule has 1 N–H and O–H groups in total. The van der Waals surface area contributed by atoms with Crippen molar-refractivity contribution in [3.63, 3.8) is 0 Å². The quantitative estimate of drug-likeness (QED) is 0.0709. The normalized spacial score (nSPS) is 13.7. The number of aryl methyl sites for hydroxylation is 2. The Morgan fingerprint density at radius 2 is 1.13 bits per heavy atom. The maximum absolute atomic E-state index is 14.4. The summed E-state index contributed by atoms with van der Waals surface area (Å²) in [6.45, 7) is 9.34. The number of hydrogen-bond acceptors (Lipinski definition) is 12. The van der Waals surface area contributed by atoms with Gasteiger partial charge in [0.2, 0.25) is 11.6 Å². The van der Waals surface area contributed by atoms with Crippen LogP contribution < -0.4 is 4.74 Å². The molecule has 75 heavy (non-hydrogen) atoms. The van der Waals surface area contributed by atoms with Crippen LogP contribution in [0.1, 0.15) is 96.5 Å². The average molecular weight is 1150 g/mol. The van der Waals surface area contributed by atoms with Gasteiger partial charge in [0.1, 0.15) is 17.7 Å². The molecular weight excluding hydrogens is 1100 g/mol. The van der Waals surface area contributed by atoms with Gasteiger partial charge in [-0.1, -0.05) is 12.1 Å². The van der Waals surface area contributed by atoms with Gasteiger partial charge >= 0.3 is 11.6 Å². The van der Waals surface area contributed by atoms with E-state index in [-0.39, 0.29) is 11.6 Å². The summed E-state index contributed by atoms with van der Waals surface area (Å²) >= 11 is 6.20. The Morgan fingerprint density at radius 1 is 0.667 bits per heavy atom. The molecule has 0 amide bonds. The van der Waals surface area contributed by atoms with Crippen molar-refractivity contribution in [2.45, 2.75) is 91.5 Å². The average Bonchev–Trinajstić information content (AvgIpc) is 4.30. The Labute approximate surface area is 446 Å². The molecule has 6 heterocycles. The molecule has 0 spiro atoms. The first-order valence-electron chi connectivity index (χ1n) is 24.0. The van der Waals surface area contributed by atoms with Gasteiger partial charge in [-0.25, -0.2) is 8.78 Å². The number of hydrogen-bond donors (Lipinski definition) is 1. The molecule has 2 aliphatic rings. The molecule has 0 aliphatic heterocycles. The Bertz CT molecular complexity index is 3370. The number of ether oxygens (including phenoxy) is 1. The summed E-state index contributed by atoms with van der Waals surface area (Å²) in [6.07, 6.45) is 15.1. The maximum Gasteiger partial charge on any atom is 0.406 e. The molecule has 0 bridgehead atoms. The largest absolute Gasteiger partial charge is 0.478 e. The van der Waals surface area contributed by atoms with E-state index in [4.69, 9.17) is 4.74 Å². The van der Waals surface area contributed by atoms with Crippen LogP contribution in [0.4, 0.5) is 24.8 Å². The van der Waals surface area contributed by atoms with Crippen molar-refractivity contribution in [3.05, 3.63) is 201 Å². The molecule has 2 saturated carbocycles. The van der Waals surface area contributed by atoms with Crippen LogP contribution in [-0.2, 0) is 25.9 Å². The molecule has 0 radical (unpaired) electrons. The highest BCUT2D eigenvalue weighted by Crippen LogP contribution is 2.38. The number of halogens is 5. The third kappa shape index (κ3) is 14.1. The summed E-state index contributed by atoms with van der Waals surface area (Å²) in [5.41, 5.74) is 10.3. The van der Waals surface area contributed by atoms with E-state index < -0.39 is 45.3 Å². The molecule has 388 valence electrons. The predicted molar refractivity (Wildman–Crippen MR) is 281 cm³/mol. The van der Waals surface area contributed by atoms with Crippen molar-refractivity contribution in [2.24, 2.45) is 11.8 Å². The molecule has 10 rings (SSSR count). The van der Waals surface area contributed by atoms with Gasteiger partial charge in [0.25, 0.3) is 0 Å². The first-order chi connectivity index (χ1) is 35.9. The third-order valence-electron chi connectivity index (χ3n) is 12.6. The van der Waals surface area contributed by atoms with E-state index in [1.54, 1.807) is 38.4 Å². The van der Waals surface area contributed by atoms with Crippen LogP contribution in [0, 0.1) is 63.4 Å². The minimum Gasteiger partial charge on any atom is -0.478 e. The van der Waals surface area contributed by atoms with Gasteiger partial charge in [0, 0.05) is 79.5 Å².